The van der Waals surface area contributed by atoms with Crippen LogP contribution in [0.25, 0.3) is 11.1 Å². The first-order valence-corrected chi connectivity index (χ1v) is 22.7. The fourth-order valence-electron chi connectivity index (χ4n) is 11.8. The molecule has 0 aromatic heterocycles. The molecule has 4 atom stereocenters. The summed E-state index contributed by atoms with van der Waals surface area (Å²) in [6.07, 6.45) is 13.4. The predicted molar refractivity (Wildman–Crippen MR) is 222 cm³/mol. The molecule has 272 valence electrons. The Balaban J connectivity index is 1.59. The maximum Gasteiger partial charge on any atom is 0.131 e. The Morgan fingerprint density at radius 3 is 2.14 bits per heavy atom. The summed E-state index contributed by atoms with van der Waals surface area (Å²) in [6.45, 7) is 32.4. The van der Waals surface area contributed by atoms with Crippen LogP contribution < -0.4 is 4.74 Å². The topological polar surface area (TPSA) is 9.23 Å². The van der Waals surface area contributed by atoms with Crippen LogP contribution in [0.2, 0.25) is 17.6 Å². The maximum absolute atomic E-state index is 6.87. The molecule has 0 spiro atoms. The molecule has 4 unspecified atom stereocenters. The number of rotatable bonds is 8. The van der Waals surface area contributed by atoms with Crippen molar-refractivity contribution in [1.29, 1.82) is 0 Å². The van der Waals surface area contributed by atoms with E-state index in [0.717, 1.165) is 17.7 Å². The number of hydrogen-bond donors (Lipinski definition) is 0. The van der Waals surface area contributed by atoms with Gasteiger partial charge in [0.15, 0.2) is 0 Å². The standard InChI is InChI=1S/C49H66OSi/c1-13-25-50-44-34(32-19-17-16-18-20-32)26-31(4)27-35(44)37-29-47(7,8)30-38-39(37)41-40(45(38)51(14-2)15-3)36-28-46(5,6)22-21-33(36)42-43(41)49(11,12)24-23-48(42,9)10/h13,16-20,23-24,26-27,36-37,40,45,51H,1,14-15,21-22,25,28-30H2,2-12H3. The Kier molecular flexibility index (Phi) is 9.26. The van der Waals surface area contributed by atoms with Gasteiger partial charge in [-0.15, -0.1) is 0 Å². The highest BCUT2D eigenvalue weighted by Crippen LogP contribution is 2.71. The summed E-state index contributed by atoms with van der Waals surface area (Å²) < 4.78 is 6.87. The molecule has 0 radical (unpaired) electrons. The lowest BCUT2D eigenvalue weighted by Gasteiger charge is -2.53. The number of fused-ring (bicyclic) bond motifs is 5. The van der Waals surface area contributed by atoms with Gasteiger partial charge < -0.3 is 4.74 Å². The number of ether oxygens (including phenoxy) is 1. The van der Waals surface area contributed by atoms with Crippen molar-refractivity contribution < 1.29 is 4.74 Å². The van der Waals surface area contributed by atoms with Crippen LogP contribution in [0.1, 0.15) is 118 Å². The second kappa shape index (κ2) is 12.9. The van der Waals surface area contributed by atoms with Crippen molar-refractivity contribution in [2.24, 2.45) is 33.5 Å². The van der Waals surface area contributed by atoms with Crippen molar-refractivity contribution in [3.63, 3.8) is 0 Å². The molecule has 1 saturated carbocycles. The number of aryl methyl sites for hydroxylation is 1. The molecular weight excluding hydrogens is 633 g/mol. The molecule has 0 bridgehead atoms. The van der Waals surface area contributed by atoms with Crippen LogP contribution >= 0.6 is 0 Å². The van der Waals surface area contributed by atoms with E-state index in [2.05, 4.69) is 137 Å². The van der Waals surface area contributed by atoms with E-state index in [-0.39, 0.29) is 16.2 Å². The van der Waals surface area contributed by atoms with Gasteiger partial charge in [0.2, 0.25) is 0 Å². The lowest BCUT2D eigenvalue weighted by atomic mass is 9.52. The van der Waals surface area contributed by atoms with Gasteiger partial charge in [-0.1, -0.05) is 154 Å². The molecule has 1 fully saturated rings. The Morgan fingerprint density at radius 2 is 1.49 bits per heavy atom. The van der Waals surface area contributed by atoms with E-state index in [9.17, 15) is 0 Å². The minimum Gasteiger partial charge on any atom is -0.489 e. The zero-order valence-corrected chi connectivity index (χ0v) is 35.1. The lowest BCUT2D eigenvalue weighted by molar-refractivity contribution is 0.185. The molecule has 51 heavy (non-hydrogen) atoms. The summed E-state index contributed by atoms with van der Waals surface area (Å²) >= 11 is 0. The molecule has 0 heterocycles. The van der Waals surface area contributed by atoms with Gasteiger partial charge in [0, 0.05) is 36.7 Å². The molecule has 2 aromatic carbocycles. The molecule has 0 aliphatic heterocycles. The fraction of sp³-hybridized carbons (Fsp3) is 0.551. The molecule has 1 nitrogen and oxygen atoms in total. The van der Waals surface area contributed by atoms with Crippen LogP contribution in [-0.4, -0.2) is 15.4 Å². The first-order chi connectivity index (χ1) is 24.0. The second-order valence-corrected chi connectivity index (χ2v) is 23.7. The van der Waals surface area contributed by atoms with Crippen molar-refractivity contribution in [1.82, 2.24) is 0 Å². The monoisotopic (exact) mass is 698 g/mol. The SMILES string of the molecule is C=CCOc1c(-c2ccccc2)cc(C)cc1C1CC(C)(C)CC2=C1C1=C3C(=C4CCC(C)(C)CC4C1C2[SiH](CC)CC)C(C)(C)C=CC3(C)C. The lowest BCUT2D eigenvalue weighted by Crippen LogP contribution is -2.42. The Morgan fingerprint density at radius 1 is 0.824 bits per heavy atom. The average Bonchev–Trinajstić information content (AvgIpc) is 3.39. The number of allylic oxidation sites excluding steroid dienone is 8. The average molecular weight is 699 g/mol. The first-order valence-electron chi connectivity index (χ1n) is 20.4. The van der Waals surface area contributed by atoms with Gasteiger partial charge in [-0.05, 0) is 107 Å². The fourth-order valence-corrected chi connectivity index (χ4v) is 15.3. The van der Waals surface area contributed by atoms with Crippen molar-refractivity contribution in [3.05, 3.63) is 112 Å². The van der Waals surface area contributed by atoms with Crippen LogP contribution in [0.5, 0.6) is 5.75 Å². The van der Waals surface area contributed by atoms with Gasteiger partial charge in [0.25, 0.3) is 0 Å². The summed E-state index contributed by atoms with van der Waals surface area (Å²) in [4.78, 5) is 0. The van der Waals surface area contributed by atoms with Crippen LogP contribution in [0.3, 0.4) is 0 Å². The zero-order chi connectivity index (χ0) is 36.7. The van der Waals surface area contributed by atoms with E-state index in [0.29, 0.717) is 29.8 Å². The Bertz CT molecular complexity index is 1840. The molecule has 5 aliphatic rings. The van der Waals surface area contributed by atoms with Gasteiger partial charge in [0.05, 0.1) is 0 Å². The largest absolute Gasteiger partial charge is 0.489 e. The minimum atomic E-state index is -1.12. The molecule has 7 rings (SSSR count). The highest BCUT2D eigenvalue weighted by molar-refractivity contribution is 6.61. The van der Waals surface area contributed by atoms with E-state index in [1.54, 1.807) is 22.3 Å². The van der Waals surface area contributed by atoms with Crippen molar-refractivity contribution >= 4 is 8.80 Å². The normalized spacial score (nSPS) is 28.3. The summed E-state index contributed by atoms with van der Waals surface area (Å²) in [7, 11) is -1.12. The molecule has 0 saturated heterocycles. The summed E-state index contributed by atoms with van der Waals surface area (Å²) in [5.41, 5.74) is 17.2. The van der Waals surface area contributed by atoms with E-state index in [1.165, 1.54) is 60.0 Å². The van der Waals surface area contributed by atoms with E-state index in [4.69, 9.17) is 4.74 Å². The third-order valence-corrected chi connectivity index (χ3v) is 17.9. The smallest absolute Gasteiger partial charge is 0.131 e. The summed E-state index contributed by atoms with van der Waals surface area (Å²) in [5.74, 6) is 2.63. The predicted octanol–water partition coefficient (Wildman–Crippen LogP) is 13.7. The third kappa shape index (κ3) is 6.14. The molecule has 0 amide bonds. The quantitative estimate of drug-likeness (QED) is 0.197. The molecule has 2 heteroatoms. The first kappa shape index (κ1) is 36.5. The van der Waals surface area contributed by atoms with Gasteiger partial charge in [-0.3, -0.25) is 0 Å². The highest BCUT2D eigenvalue weighted by atomic mass is 28.3. The van der Waals surface area contributed by atoms with E-state index < -0.39 is 8.80 Å². The van der Waals surface area contributed by atoms with Crippen molar-refractivity contribution in [3.8, 4) is 16.9 Å². The summed E-state index contributed by atoms with van der Waals surface area (Å²) in [5, 5.41) is 0. The zero-order valence-electron chi connectivity index (χ0n) is 33.9. The second-order valence-electron chi connectivity index (χ2n) is 19.8. The summed E-state index contributed by atoms with van der Waals surface area (Å²) in [6, 6.07) is 18.6. The third-order valence-electron chi connectivity index (χ3n) is 13.9. The highest BCUT2D eigenvalue weighted by Gasteiger charge is 2.58. The maximum atomic E-state index is 6.87. The van der Waals surface area contributed by atoms with Gasteiger partial charge >= 0.3 is 0 Å². The van der Waals surface area contributed by atoms with Crippen LogP contribution in [0.4, 0.5) is 0 Å². The Hall–Kier alpha value is -2.84. The molecular formula is C49H66OSi. The van der Waals surface area contributed by atoms with Crippen molar-refractivity contribution in [2.45, 2.75) is 132 Å². The van der Waals surface area contributed by atoms with Crippen LogP contribution in [0, 0.1) is 40.4 Å². The van der Waals surface area contributed by atoms with Crippen LogP contribution in [-0.2, 0) is 0 Å². The van der Waals surface area contributed by atoms with E-state index in [1.807, 2.05) is 17.2 Å². The molecule has 0 N–H and O–H groups in total. The Labute approximate surface area is 313 Å². The van der Waals surface area contributed by atoms with Crippen LogP contribution in [0.15, 0.2) is 101 Å². The van der Waals surface area contributed by atoms with Gasteiger partial charge in [-0.25, -0.2) is 0 Å². The molecule has 2 aromatic rings. The number of benzene rings is 2. The van der Waals surface area contributed by atoms with Crippen molar-refractivity contribution in [2.75, 3.05) is 6.61 Å². The van der Waals surface area contributed by atoms with Gasteiger partial charge in [0.1, 0.15) is 12.4 Å². The minimum absolute atomic E-state index is 0.00661. The number of hydrogen-bond acceptors (Lipinski definition) is 1. The van der Waals surface area contributed by atoms with E-state index >= 15 is 0 Å². The van der Waals surface area contributed by atoms with Gasteiger partial charge in [-0.2, -0.15) is 0 Å². The molecule has 5 aliphatic carbocycles.